The fourth-order valence-corrected chi connectivity index (χ4v) is 2.99. The topological polar surface area (TPSA) is 77.6 Å². The predicted octanol–water partition coefficient (Wildman–Crippen LogP) is 1.96. The van der Waals surface area contributed by atoms with Gasteiger partial charge in [-0.15, -0.1) is 11.3 Å². The molecule has 0 spiro atoms. The van der Waals surface area contributed by atoms with Crippen LogP contribution in [0.1, 0.15) is 18.3 Å². The molecule has 1 amide bonds. The highest BCUT2D eigenvalue weighted by Gasteiger charge is 2.15. The molecule has 3 heterocycles. The van der Waals surface area contributed by atoms with E-state index in [4.69, 9.17) is 0 Å². The molecular formula is C13H16N6OS. The summed E-state index contributed by atoms with van der Waals surface area (Å²) in [4.78, 5) is 16.3. The second-order valence-electron chi connectivity index (χ2n) is 4.78. The lowest BCUT2D eigenvalue weighted by Gasteiger charge is -2.03. The SMILES string of the molecule is CCn1nc(C)c2c1cnn2CC(=O)Nc1nc(C)cs1. The first-order valence-electron chi connectivity index (χ1n) is 6.69. The minimum atomic E-state index is -0.141. The van der Waals surface area contributed by atoms with Gasteiger partial charge in [-0.2, -0.15) is 10.2 Å². The smallest absolute Gasteiger partial charge is 0.247 e. The Labute approximate surface area is 125 Å². The van der Waals surface area contributed by atoms with Crippen LogP contribution < -0.4 is 5.32 Å². The number of nitrogens with zero attached hydrogens (tertiary/aromatic N) is 5. The maximum absolute atomic E-state index is 12.1. The summed E-state index contributed by atoms with van der Waals surface area (Å²) in [5.41, 5.74) is 3.63. The van der Waals surface area contributed by atoms with Gasteiger partial charge in [0.1, 0.15) is 17.6 Å². The molecule has 0 aliphatic heterocycles. The van der Waals surface area contributed by atoms with E-state index in [0.29, 0.717) is 5.13 Å². The molecule has 0 atom stereocenters. The molecule has 3 aromatic rings. The molecule has 0 radical (unpaired) electrons. The van der Waals surface area contributed by atoms with E-state index >= 15 is 0 Å². The van der Waals surface area contributed by atoms with E-state index in [9.17, 15) is 4.79 Å². The lowest BCUT2D eigenvalue weighted by molar-refractivity contribution is -0.116. The molecule has 3 rings (SSSR count). The van der Waals surface area contributed by atoms with E-state index in [-0.39, 0.29) is 12.5 Å². The quantitative estimate of drug-likeness (QED) is 0.799. The maximum Gasteiger partial charge on any atom is 0.247 e. The lowest BCUT2D eigenvalue weighted by atomic mass is 10.4. The average molecular weight is 304 g/mol. The molecule has 21 heavy (non-hydrogen) atoms. The van der Waals surface area contributed by atoms with Crippen LogP contribution in [0.25, 0.3) is 11.0 Å². The van der Waals surface area contributed by atoms with Gasteiger partial charge in [-0.25, -0.2) is 4.98 Å². The van der Waals surface area contributed by atoms with Gasteiger partial charge < -0.3 is 5.32 Å². The van der Waals surface area contributed by atoms with Crippen LogP contribution in [-0.2, 0) is 17.9 Å². The molecule has 1 N–H and O–H groups in total. The Bertz CT molecular complexity index is 799. The van der Waals surface area contributed by atoms with Crippen molar-refractivity contribution >= 4 is 33.4 Å². The Hall–Kier alpha value is -2.22. The molecule has 110 valence electrons. The number of fused-ring (bicyclic) bond motifs is 1. The first-order chi connectivity index (χ1) is 10.1. The molecule has 3 aromatic heterocycles. The van der Waals surface area contributed by atoms with E-state index < -0.39 is 0 Å². The van der Waals surface area contributed by atoms with E-state index in [2.05, 4.69) is 20.5 Å². The highest BCUT2D eigenvalue weighted by Crippen LogP contribution is 2.18. The van der Waals surface area contributed by atoms with Gasteiger partial charge in [0.25, 0.3) is 0 Å². The molecule has 0 unspecified atom stereocenters. The van der Waals surface area contributed by atoms with Gasteiger partial charge in [0.05, 0.1) is 17.6 Å². The Morgan fingerprint density at radius 2 is 2.19 bits per heavy atom. The zero-order valence-electron chi connectivity index (χ0n) is 12.1. The molecule has 0 aliphatic carbocycles. The Morgan fingerprint density at radius 3 is 2.86 bits per heavy atom. The largest absolute Gasteiger partial charge is 0.300 e. The number of amides is 1. The van der Waals surface area contributed by atoms with Crippen molar-refractivity contribution in [1.82, 2.24) is 24.5 Å². The number of aryl methyl sites for hydroxylation is 3. The van der Waals surface area contributed by atoms with Crippen LogP contribution in [0.4, 0.5) is 5.13 Å². The summed E-state index contributed by atoms with van der Waals surface area (Å²) in [6.07, 6.45) is 1.75. The lowest BCUT2D eigenvalue weighted by Crippen LogP contribution is -2.19. The van der Waals surface area contributed by atoms with E-state index in [0.717, 1.165) is 29.0 Å². The summed E-state index contributed by atoms with van der Waals surface area (Å²) in [6.45, 7) is 6.78. The molecule has 0 saturated carbocycles. The molecule has 0 aliphatic rings. The van der Waals surface area contributed by atoms with E-state index in [1.807, 2.05) is 30.8 Å². The third-order valence-electron chi connectivity index (χ3n) is 3.17. The second kappa shape index (κ2) is 5.28. The highest BCUT2D eigenvalue weighted by atomic mass is 32.1. The molecular weight excluding hydrogens is 288 g/mol. The van der Waals surface area contributed by atoms with Gasteiger partial charge in [0.2, 0.25) is 5.91 Å². The summed E-state index contributed by atoms with van der Waals surface area (Å²) in [5.74, 6) is -0.141. The third-order valence-corrected chi connectivity index (χ3v) is 4.05. The fraction of sp³-hybridized carbons (Fsp3) is 0.385. The van der Waals surface area contributed by atoms with Crippen LogP contribution in [0.3, 0.4) is 0 Å². The Morgan fingerprint density at radius 1 is 1.38 bits per heavy atom. The average Bonchev–Trinajstić information content (AvgIpc) is 3.09. The van der Waals surface area contributed by atoms with Crippen LogP contribution in [0, 0.1) is 13.8 Å². The number of aromatic nitrogens is 5. The van der Waals surface area contributed by atoms with Crippen LogP contribution >= 0.6 is 11.3 Å². The number of rotatable bonds is 4. The summed E-state index contributed by atoms with van der Waals surface area (Å²) in [6, 6.07) is 0. The van der Waals surface area contributed by atoms with Crippen LogP contribution in [0.5, 0.6) is 0 Å². The monoisotopic (exact) mass is 304 g/mol. The number of carbonyl (C=O) groups excluding carboxylic acids is 1. The molecule has 0 bridgehead atoms. The van der Waals surface area contributed by atoms with Crippen molar-refractivity contribution in [1.29, 1.82) is 0 Å². The van der Waals surface area contributed by atoms with Crippen molar-refractivity contribution in [2.75, 3.05) is 5.32 Å². The van der Waals surface area contributed by atoms with Crippen molar-refractivity contribution in [2.24, 2.45) is 0 Å². The van der Waals surface area contributed by atoms with E-state index in [1.165, 1.54) is 11.3 Å². The normalized spacial score (nSPS) is 11.2. The third kappa shape index (κ3) is 2.54. The number of hydrogen-bond donors (Lipinski definition) is 1. The Balaban J connectivity index is 1.81. The van der Waals surface area contributed by atoms with Gasteiger partial charge in [0, 0.05) is 11.9 Å². The van der Waals surface area contributed by atoms with Crippen molar-refractivity contribution in [2.45, 2.75) is 33.9 Å². The number of nitrogens with one attached hydrogen (secondary N) is 1. The van der Waals surface area contributed by atoms with Crippen LogP contribution in [0.15, 0.2) is 11.6 Å². The fourth-order valence-electron chi connectivity index (χ4n) is 2.29. The number of anilines is 1. The second-order valence-corrected chi connectivity index (χ2v) is 5.64. The maximum atomic E-state index is 12.1. The van der Waals surface area contributed by atoms with Crippen molar-refractivity contribution < 1.29 is 4.79 Å². The van der Waals surface area contributed by atoms with Crippen LogP contribution in [-0.4, -0.2) is 30.5 Å². The summed E-state index contributed by atoms with van der Waals surface area (Å²) in [5, 5.41) is 14.0. The zero-order valence-corrected chi connectivity index (χ0v) is 12.9. The number of carbonyl (C=O) groups is 1. The Kier molecular flexibility index (Phi) is 3.46. The van der Waals surface area contributed by atoms with Gasteiger partial charge in [-0.3, -0.25) is 14.2 Å². The number of hydrogen-bond acceptors (Lipinski definition) is 5. The molecule has 0 saturated heterocycles. The van der Waals surface area contributed by atoms with Gasteiger partial charge >= 0.3 is 0 Å². The van der Waals surface area contributed by atoms with E-state index in [1.54, 1.807) is 10.9 Å². The first kappa shape index (κ1) is 13.7. The predicted molar refractivity (Wildman–Crippen MR) is 81.4 cm³/mol. The van der Waals surface area contributed by atoms with Crippen molar-refractivity contribution in [3.8, 4) is 0 Å². The summed E-state index contributed by atoms with van der Waals surface area (Å²) in [7, 11) is 0. The van der Waals surface area contributed by atoms with Crippen molar-refractivity contribution in [3.63, 3.8) is 0 Å². The zero-order chi connectivity index (χ0) is 15.0. The molecule has 0 fully saturated rings. The molecule has 8 heteroatoms. The molecule has 7 nitrogen and oxygen atoms in total. The molecule has 0 aromatic carbocycles. The van der Waals surface area contributed by atoms with Crippen LogP contribution in [0.2, 0.25) is 0 Å². The van der Waals surface area contributed by atoms with Gasteiger partial charge in [0.15, 0.2) is 5.13 Å². The number of thiazole rings is 1. The highest BCUT2D eigenvalue weighted by molar-refractivity contribution is 7.13. The minimum Gasteiger partial charge on any atom is -0.300 e. The summed E-state index contributed by atoms with van der Waals surface area (Å²) >= 11 is 1.42. The van der Waals surface area contributed by atoms with Gasteiger partial charge in [-0.1, -0.05) is 0 Å². The first-order valence-corrected chi connectivity index (χ1v) is 7.57. The van der Waals surface area contributed by atoms with Gasteiger partial charge in [-0.05, 0) is 20.8 Å². The summed E-state index contributed by atoms with van der Waals surface area (Å²) < 4.78 is 3.57. The standard InChI is InChI=1S/C13H16N6OS/c1-4-18-10-5-14-19(12(10)9(3)17-18)6-11(20)16-13-15-8(2)7-21-13/h5,7H,4,6H2,1-3H3,(H,15,16,20). The van der Waals surface area contributed by atoms with Crippen molar-refractivity contribution in [3.05, 3.63) is 23.0 Å². The minimum absolute atomic E-state index is 0.141.